The Hall–Kier alpha value is -0.0800. The topological polar surface area (TPSA) is 29.3 Å². The summed E-state index contributed by atoms with van der Waals surface area (Å²) in [6, 6.07) is 2.01. The molecule has 0 unspecified atom stereocenters. The Morgan fingerprint density at radius 2 is 1.73 bits per heavy atom. The van der Waals surface area contributed by atoms with E-state index in [0.29, 0.717) is 6.04 Å². The molecule has 0 radical (unpaired) electrons. The van der Waals surface area contributed by atoms with E-state index in [9.17, 15) is 0 Å². The van der Waals surface area contributed by atoms with E-state index in [4.69, 9.17) is 5.73 Å². The van der Waals surface area contributed by atoms with Crippen molar-refractivity contribution in [2.24, 2.45) is 11.7 Å². The van der Waals surface area contributed by atoms with Crippen LogP contribution in [0.5, 0.6) is 0 Å². The third kappa shape index (κ3) is 3.46. The van der Waals surface area contributed by atoms with Gasteiger partial charge in [-0.1, -0.05) is 27.7 Å². The second-order valence-electron chi connectivity index (χ2n) is 5.45. The third-order valence-corrected chi connectivity index (χ3v) is 3.61. The zero-order valence-corrected chi connectivity index (χ0v) is 10.9. The van der Waals surface area contributed by atoms with E-state index in [1.165, 1.54) is 32.2 Å². The quantitative estimate of drug-likeness (QED) is 0.733. The fourth-order valence-corrected chi connectivity index (χ4v) is 2.68. The normalized spacial score (nSPS) is 26.4. The van der Waals surface area contributed by atoms with Gasteiger partial charge in [0.1, 0.15) is 0 Å². The molecule has 1 rings (SSSR count). The highest BCUT2D eigenvalue weighted by atomic mass is 15.2. The van der Waals surface area contributed by atoms with Crippen molar-refractivity contribution in [1.29, 1.82) is 0 Å². The maximum absolute atomic E-state index is 5.89. The molecule has 0 atom stereocenters. The van der Waals surface area contributed by atoms with Crippen LogP contribution in [0.2, 0.25) is 0 Å². The molecule has 0 aromatic carbocycles. The van der Waals surface area contributed by atoms with E-state index in [-0.39, 0.29) is 0 Å². The van der Waals surface area contributed by atoms with Crippen LogP contribution in [-0.2, 0) is 0 Å². The summed E-state index contributed by atoms with van der Waals surface area (Å²) in [5, 5.41) is 0. The molecule has 0 bridgehead atoms. The SMILES string of the molecule is CCC(CC)N(CC(C)C)C1CC(N)C1. The van der Waals surface area contributed by atoms with Gasteiger partial charge >= 0.3 is 0 Å². The summed E-state index contributed by atoms with van der Waals surface area (Å²) in [6.45, 7) is 10.5. The maximum atomic E-state index is 5.89. The molecular weight excluding hydrogens is 184 g/mol. The van der Waals surface area contributed by atoms with E-state index in [2.05, 4.69) is 32.6 Å². The van der Waals surface area contributed by atoms with E-state index in [0.717, 1.165) is 18.0 Å². The van der Waals surface area contributed by atoms with E-state index in [1.54, 1.807) is 0 Å². The fraction of sp³-hybridized carbons (Fsp3) is 1.00. The zero-order valence-electron chi connectivity index (χ0n) is 10.9. The Morgan fingerprint density at radius 1 is 1.20 bits per heavy atom. The van der Waals surface area contributed by atoms with Gasteiger partial charge in [-0.05, 0) is 31.6 Å². The van der Waals surface area contributed by atoms with Gasteiger partial charge in [0.05, 0.1) is 0 Å². The van der Waals surface area contributed by atoms with E-state index >= 15 is 0 Å². The van der Waals surface area contributed by atoms with Gasteiger partial charge in [-0.15, -0.1) is 0 Å². The highest BCUT2D eigenvalue weighted by molar-refractivity contribution is 4.92. The molecule has 90 valence electrons. The first-order valence-electron chi connectivity index (χ1n) is 6.59. The van der Waals surface area contributed by atoms with Crippen LogP contribution in [0.25, 0.3) is 0 Å². The van der Waals surface area contributed by atoms with E-state index in [1.807, 2.05) is 0 Å². The molecule has 0 heterocycles. The summed E-state index contributed by atoms with van der Waals surface area (Å²) in [7, 11) is 0. The maximum Gasteiger partial charge on any atom is 0.0128 e. The van der Waals surface area contributed by atoms with Gasteiger partial charge in [-0.2, -0.15) is 0 Å². The molecule has 0 aromatic rings. The molecule has 15 heavy (non-hydrogen) atoms. The number of hydrogen-bond acceptors (Lipinski definition) is 2. The minimum Gasteiger partial charge on any atom is -0.328 e. The molecule has 0 saturated heterocycles. The average molecular weight is 212 g/mol. The molecule has 0 spiro atoms. The Labute approximate surface area is 95.2 Å². The van der Waals surface area contributed by atoms with Crippen LogP contribution in [-0.4, -0.2) is 29.6 Å². The Morgan fingerprint density at radius 3 is 2.07 bits per heavy atom. The predicted octanol–water partition coefficient (Wildman–Crippen LogP) is 2.62. The van der Waals surface area contributed by atoms with Crippen molar-refractivity contribution in [1.82, 2.24) is 4.90 Å². The van der Waals surface area contributed by atoms with Crippen molar-refractivity contribution in [2.45, 2.75) is 71.5 Å². The first-order valence-corrected chi connectivity index (χ1v) is 6.59. The second kappa shape index (κ2) is 5.86. The largest absolute Gasteiger partial charge is 0.328 e. The van der Waals surface area contributed by atoms with Gasteiger partial charge in [-0.25, -0.2) is 0 Å². The lowest BCUT2D eigenvalue weighted by atomic mass is 9.84. The Bertz CT molecular complexity index is 169. The molecule has 2 nitrogen and oxygen atoms in total. The van der Waals surface area contributed by atoms with Gasteiger partial charge in [0.15, 0.2) is 0 Å². The number of rotatable bonds is 6. The number of nitrogens with two attached hydrogens (primary N) is 1. The van der Waals surface area contributed by atoms with Crippen molar-refractivity contribution in [3.63, 3.8) is 0 Å². The minimum atomic E-state index is 0.471. The molecular formula is C13H28N2. The molecule has 1 saturated carbocycles. The lowest BCUT2D eigenvalue weighted by Crippen LogP contribution is -2.54. The molecule has 0 amide bonds. The zero-order chi connectivity index (χ0) is 11.4. The highest BCUT2D eigenvalue weighted by Crippen LogP contribution is 2.28. The molecule has 1 aliphatic rings. The molecule has 1 fully saturated rings. The van der Waals surface area contributed by atoms with Crippen molar-refractivity contribution in [3.05, 3.63) is 0 Å². The number of hydrogen-bond donors (Lipinski definition) is 1. The van der Waals surface area contributed by atoms with Crippen LogP contribution in [0.15, 0.2) is 0 Å². The lowest BCUT2D eigenvalue weighted by Gasteiger charge is -2.46. The first-order chi connectivity index (χ1) is 7.08. The highest BCUT2D eigenvalue weighted by Gasteiger charge is 2.33. The lowest BCUT2D eigenvalue weighted by molar-refractivity contribution is 0.0517. The molecule has 1 aliphatic carbocycles. The summed E-state index contributed by atoms with van der Waals surface area (Å²) in [6.07, 6.45) is 4.97. The Kier molecular flexibility index (Phi) is 5.07. The molecule has 2 N–H and O–H groups in total. The van der Waals surface area contributed by atoms with Gasteiger partial charge in [0.2, 0.25) is 0 Å². The predicted molar refractivity (Wildman–Crippen MR) is 66.9 cm³/mol. The summed E-state index contributed by atoms with van der Waals surface area (Å²) >= 11 is 0. The summed E-state index contributed by atoms with van der Waals surface area (Å²) in [5.74, 6) is 0.766. The fourth-order valence-electron chi connectivity index (χ4n) is 2.68. The third-order valence-electron chi connectivity index (χ3n) is 3.61. The van der Waals surface area contributed by atoms with E-state index < -0.39 is 0 Å². The van der Waals surface area contributed by atoms with Crippen molar-refractivity contribution in [3.8, 4) is 0 Å². The summed E-state index contributed by atoms with van der Waals surface area (Å²) in [5.41, 5.74) is 5.89. The average Bonchev–Trinajstić information content (AvgIpc) is 2.13. The van der Waals surface area contributed by atoms with Crippen LogP contribution in [0, 0.1) is 5.92 Å². The first kappa shape index (κ1) is 13.0. The van der Waals surface area contributed by atoms with Crippen LogP contribution >= 0.6 is 0 Å². The van der Waals surface area contributed by atoms with Gasteiger partial charge in [0.25, 0.3) is 0 Å². The van der Waals surface area contributed by atoms with Gasteiger partial charge < -0.3 is 5.73 Å². The van der Waals surface area contributed by atoms with Crippen molar-refractivity contribution >= 4 is 0 Å². The monoisotopic (exact) mass is 212 g/mol. The summed E-state index contributed by atoms with van der Waals surface area (Å²) < 4.78 is 0. The van der Waals surface area contributed by atoms with Crippen LogP contribution in [0.4, 0.5) is 0 Å². The molecule has 0 aromatic heterocycles. The van der Waals surface area contributed by atoms with Gasteiger partial charge in [0, 0.05) is 24.7 Å². The minimum absolute atomic E-state index is 0.471. The van der Waals surface area contributed by atoms with Crippen LogP contribution in [0.1, 0.15) is 53.4 Å². The molecule has 2 heteroatoms. The second-order valence-corrected chi connectivity index (χ2v) is 5.45. The van der Waals surface area contributed by atoms with Crippen molar-refractivity contribution < 1.29 is 0 Å². The smallest absolute Gasteiger partial charge is 0.0128 e. The van der Waals surface area contributed by atoms with Crippen LogP contribution in [0.3, 0.4) is 0 Å². The van der Waals surface area contributed by atoms with Crippen LogP contribution < -0.4 is 5.73 Å². The van der Waals surface area contributed by atoms with Crippen molar-refractivity contribution in [2.75, 3.05) is 6.54 Å². The van der Waals surface area contributed by atoms with Gasteiger partial charge in [-0.3, -0.25) is 4.90 Å². The standard InChI is InChI=1S/C13H28N2/c1-5-12(6-2)15(9-10(3)4)13-7-11(14)8-13/h10-13H,5-9,14H2,1-4H3. The molecule has 0 aliphatic heterocycles. The summed E-state index contributed by atoms with van der Waals surface area (Å²) in [4.78, 5) is 2.72. The Balaban J connectivity index is 2.52. The number of nitrogens with zero attached hydrogens (tertiary/aromatic N) is 1.